The van der Waals surface area contributed by atoms with Crippen LogP contribution in [0.25, 0.3) is 0 Å². The van der Waals surface area contributed by atoms with Gasteiger partial charge in [0.1, 0.15) is 0 Å². The Hall–Kier alpha value is -0.920. The van der Waals surface area contributed by atoms with Gasteiger partial charge in [0, 0.05) is 11.9 Å². The highest BCUT2D eigenvalue weighted by atomic mass is 14.8. The summed E-state index contributed by atoms with van der Waals surface area (Å²) in [5.74, 6) is 0.740. The molecule has 1 saturated carbocycles. The zero-order chi connectivity index (χ0) is 7.68. The highest BCUT2D eigenvalue weighted by molar-refractivity contribution is 5.21. The number of aryl methyl sites for hydroxylation is 1. The molecule has 0 aromatic carbocycles. The van der Waals surface area contributed by atoms with Crippen LogP contribution in [0, 0.1) is 13.3 Å². The molecule has 1 aromatic rings. The van der Waals surface area contributed by atoms with Gasteiger partial charge in [-0.2, -0.15) is 0 Å². The average molecular weight is 147 g/mol. The number of hydrogen-bond acceptors (Lipinski definition) is 2. The Morgan fingerprint density at radius 1 is 1.55 bits per heavy atom. The summed E-state index contributed by atoms with van der Waals surface area (Å²) < 4.78 is 0. The molecule has 1 aromatic heterocycles. The molecule has 2 nitrogen and oxygen atoms in total. The molecule has 2 rings (SSSR count). The quantitative estimate of drug-likeness (QED) is 0.605. The van der Waals surface area contributed by atoms with E-state index < -0.39 is 0 Å². The Labute approximate surface area is 66.7 Å². The summed E-state index contributed by atoms with van der Waals surface area (Å²) in [6.07, 6.45) is 8.50. The molecule has 0 saturated heterocycles. The lowest BCUT2D eigenvalue weighted by molar-refractivity contribution is 0.416. The van der Waals surface area contributed by atoms with E-state index in [0.717, 1.165) is 11.6 Å². The van der Waals surface area contributed by atoms with Crippen LogP contribution in [0.1, 0.15) is 36.4 Å². The van der Waals surface area contributed by atoms with Gasteiger partial charge in [-0.25, -0.2) is 9.97 Å². The van der Waals surface area contributed by atoms with Gasteiger partial charge in [0.25, 0.3) is 0 Å². The monoisotopic (exact) mass is 147 g/mol. The smallest absolute Gasteiger partial charge is 0.197 e. The lowest BCUT2D eigenvalue weighted by Gasteiger charge is -2.25. The van der Waals surface area contributed by atoms with Crippen molar-refractivity contribution < 1.29 is 0 Å². The first-order valence-electron chi connectivity index (χ1n) is 4.07. The SMILES string of the molecule is Cc1n[c]ncc1C1CCC1. The molecular weight excluding hydrogens is 136 g/mol. The van der Waals surface area contributed by atoms with E-state index in [1.54, 1.807) is 0 Å². The summed E-state index contributed by atoms with van der Waals surface area (Å²) in [6.45, 7) is 2.03. The van der Waals surface area contributed by atoms with Gasteiger partial charge >= 0.3 is 0 Å². The molecule has 57 valence electrons. The molecule has 0 amide bonds. The molecule has 0 aliphatic heterocycles. The fraction of sp³-hybridized carbons (Fsp3) is 0.556. The van der Waals surface area contributed by atoms with E-state index in [1.807, 2.05) is 13.1 Å². The van der Waals surface area contributed by atoms with E-state index in [0.29, 0.717) is 0 Å². The van der Waals surface area contributed by atoms with Crippen LogP contribution < -0.4 is 0 Å². The highest BCUT2D eigenvalue weighted by Crippen LogP contribution is 2.36. The van der Waals surface area contributed by atoms with Crippen LogP contribution in [0.2, 0.25) is 0 Å². The third-order valence-corrected chi connectivity index (χ3v) is 2.44. The maximum absolute atomic E-state index is 4.05. The topological polar surface area (TPSA) is 25.8 Å². The van der Waals surface area contributed by atoms with Gasteiger partial charge in [-0.3, -0.25) is 0 Å². The van der Waals surface area contributed by atoms with Crippen molar-refractivity contribution >= 4 is 0 Å². The second-order valence-electron chi connectivity index (χ2n) is 3.14. The van der Waals surface area contributed by atoms with E-state index in [9.17, 15) is 0 Å². The largest absolute Gasteiger partial charge is 0.233 e. The molecular formula is C9H11N2. The second kappa shape index (κ2) is 2.61. The molecule has 0 N–H and O–H groups in total. The van der Waals surface area contributed by atoms with Gasteiger partial charge in [-0.1, -0.05) is 6.42 Å². The number of hydrogen-bond donors (Lipinski definition) is 0. The molecule has 1 radical (unpaired) electrons. The van der Waals surface area contributed by atoms with Crippen LogP contribution in [0.4, 0.5) is 0 Å². The van der Waals surface area contributed by atoms with E-state index >= 15 is 0 Å². The third kappa shape index (κ3) is 1.13. The zero-order valence-electron chi connectivity index (χ0n) is 6.67. The Balaban J connectivity index is 2.28. The van der Waals surface area contributed by atoms with Crippen LogP contribution in [0.3, 0.4) is 0 Å². The first-order chi connectivity index (χ1) is 5.38. The summed E-state index contributed by atoms with van der Waals surface area (Å²) >= 11 is 0. The molecule has 1 aliphatic rings. The molecule has 0 spiro atoms. The van der Waals surface area contributed by atoms with Gasteiger partial charge in [0.2, 0.25) is 0 Å². The normalized spacial score (nSPS) is 17.9. The summed E-state index contributed by atoms with van der Waals surface area (Å²) in [5, 5.41) is 0. The molecule has 2 heteroatoms. The Bertz CT molecular complexity index is 253. The molecule has 0 atom stereocenters. The molecule has 0 unspecified atom stereocenters. The van der Waals surface area contributed by atoms with Crippen molar-refractivity contribution in [3.63, 3.8) is 0 Å². The molecule has 0 bridgehead atoms. The number of nitrogens with zero attached hydrogens (tertiary/aromatic N) is 2. The van der Waals surface area contributed by atoms with Crippen molar-refractivity contribution in [3.05, 3.63) is 23.8 Å². The maximum atomic E-state index is 4.05. The number of aromatic nitrogens is 2. The van der Waals surface area contributed by atoms with Crippen molar-refractivity contribution in [2.45, 2.75) is 32.1 Å². The predicted octanol–water partition coefficient (Wildman–Crippen LogP) is 1.85. The fourth-order valence-electron chi connectivity index (χ4n) is 1.48. The summed E-state index contributed by atoms with van der Waals surface area (Å²) in [5.41, 5.74) is 2.43. The van der Waals surface area contributed by atoms with Gasteiger partial charge in [0.05, 0.1) is 0 Å². The van der Waals surface area contributed by atoms with E-state index in [2.05, 4.69) is 16.3 Å². The minimum absolute atomic E-state index is 0.740. The van der Waals surface area contributed by atoms with Crippen LogP contribution in [0.5, 0.6) is 0 Å². The van der Waals surface area contributed by atoms with Gasteiger partial charge < -0.3 is 0 Å². The van der Waals surface area contributed by atoms with Crippen molar-refractivity contribution in [2.24, 2.45) is 0 Å². The average Bonchev–Trinajstić information content (AvgIpc) is 1.90. The number of rotatable bonds is 1. The Morgan fingerprint density at radius 3 is 2.91 bits per heavy atom. The van der Waals surface area contributed by atoms with Crippen LogP contribution >= 0.6 is 0 Å². The Morgan fingerprint density at radius 2 is 2.36 bits per heavy atom. The molecule has 1 aliphatic carbocycles. The first kappa shape index (κ1) is 6.77. The third-order valence-electron chi connectivity index (χ3n) is 2.44. The highest BCUT2D eigenvalue weighted by Gasteiger charge is 2.21. The Kier molecular flexibility index (Phi) is 1.60. The van der Waals surface area contributed by atoms with Crippen LogP contribution in [-0.4, -0.2) is 9.97 Å². The lowest BCUT2D eigenvalue weighted by Crippen LogP contribution is -2.11. The maximum Gasteiger partial charge on any atom is 0.197 e. The zero-order valence-corrected chi connectivity index (χ0v) is 6.67. The van der Waals surface area contributed by atoms with E-state index in [-0.39, 0.29) is 0 Å². The first-order valence-corrected chi connectivity index (χ1v) is 4.07. The van der Waals surface area contributed by atoms with Crippen molar-refractivity contribution in [3.8, 4) is 0 Å². The van der Waals surface area contributed by atoms with E-state index in [1.165, 1.54) is 24.8 Å². The van der Waals surface area contributed by atoms with Crippen LogP contribution in [-0.2, 0) is 0 Å². The van der Waals surface area contributed by atoms with Gasteiger partial charge in [-0.15, -0.1) is 0 Å². The standard InChI is InChI=1S/C9H11N2/c1-7-9(5-10-6-11-7)8-3-2-4-8/h5,8H,2-4H2,1H3. The van der Waals surface area contributed by atoms with Crippen molar-refractivity contribution in [2.75, 3.05) is 0 Å². The fourth-order valence-corrected chi connectivity index (χ4v) is 1.48. The minimum atomic E-state index is 0.740. The van der Waals surface area contributed by atoms with Crippen molar-refractivity contribution in [1.29, 1.82) is 0 Å². The molecule has 1 fully saturated rings. The van der Waals surface area contributed by atoms with E-state index in [4.69, 9.17) is 0 Å². The van der Waals surface area contributed by atoms with Crippen LogP contribution in [0.15, 0.2) is 6.20 Å². The molecule has 1 heterocycles. The van der Waals surface area contributed by atoms with Gasteiger partial charge in [-0.05, 0) is 31.2 Å². The second-order valence-corrected chi connectivity index (χ2v) is 3.14. The molecule has 11 heavy (non-hydrogen) atoms. The lowest BCUT2D eigenvalue weighted by atomic mass is 9.80. The minimum Gasteiger partial charge on any atom is -0.233 e. The summed E-state index contributed by atoms with van der Waals surface area (Å²) in [4.78, 5) is 7.96. The summed E-state index contributed by atoms with van der Waals surface area (Å²) in [6, 6.07) is 0. The predicted molar refractivity (Wildman–Crippen MR) is 42.2 cm³/mol. The van der Waals surface area contributed by atoms with Crippen molar-refractivity contribution in [1.82, 2.24) is 9.97 Å². The van der Waals surface area contributed by atoms with Gasteiger partial charge in [0.15, 0.2) is 6.33 Å². The summed E-state index contributed by atoms with van der Waals surface area (Å²) in [7, 11) is 0.